The zero-order valence-corrected chi connectivity index (χ0v) is 14.7. The molecule has 0 aliphatic rings. The maximum absolute atomic E-state index is 6.14. The number of rotatable bonds is 4. The Hall–Kier alpha value is -1.98. The molecule has 0 unspecified atom stereocenters. The Kier molecular flexibility index (Phi) is 4.59. The van der Waals surface area contributed by atoms with Gasteiger partial charge in [0.2, 0.25) is 0 Å². The highest BCUT2D eigenvalue weighted by atomic mass is 35.5. The number of hydrogen-bond donors (Lipinski definition) is 1. The number of anilines is 1. The monoisotopic (exact) mass is 344 g/mol. The van der Waals surface area contributed by atoms with Gasteiger partial charge in [-0.1, -0.05) is 41.9 Å². The Bertz CT molecular complexity index is 830. The molecule has 118 valence electrons. The van der Waals surface area contributed by atoms with Gasteiger partial charge in [0.15, 0.2) is 5.82 Å². The van der Waals surface area contributed by atoms with Crippen LogP contribution in [0.4, 0.5) is 5.95 Å². The van der Waals surface area contributed by atoms with Gasteiger partial charge in [0.25, 0.3) is 5.95 Å². The molecule has 0 aliphatic carbocycles. The minimum Gasteiger partial charge on any atom is -0.293 e. The molecule has 0 fully saturated rings. The summed E-state index contributed by atoms with van der Waals surface area (Å²) < 4.78 is 4.99. The van der Waals surface area contributed by atoms with Crippen LogP contribution in [0, 0.1) is 13.8 Å². The Morgan fingerprint density at radius 2 is 1.83 bits per heavy atom. The van der Waals surface area contributed by atoms with Crippen LogP contribution in [-0.2, 0) is 7.05 Å². The number of aryl methyl sites for hydroxylation is 3. The Morgan fingerprint density at radius 3 is 2.57 bits per heavy atom. The third kappa shape index (κ3) is 3.51. The lowest BCUT2D eigenvalue weighted by atomic mass is 10.2. The Balaban J connectivity index is 1.79. The Labute approximate surface area is 145 Å². The first-order valence-electron chi connectivity index (χ1n) is 7.20. The summed E-state index contributed by atoms with van der Waals surface area (Å²) in [6, 6.07) is 14.1. The van der Waals surface area contributed by atoms with E-state index in [1.54, 1.807) is 4.68 Å². The fourth-order valence-electron chi connectivity index (χ4n) is 2.23. The van der Waals surface area contributed by atoms with E-state index >= 15 is 0 Å². The first-order valence-corrected chi connectivity index (χ1v) is 8.40. The molecule has 0 bridgehead atoms. The van der Waals surface area contributed by atoms with E-state index in [4.69, 9.17) is 11.6 Å². The molecule has 23 heavy (non-hydrogen) atoms. The largest absolute Gasteiger partial charge is 0.293 e. The van der Waals surface area contributed by atoms with Gasteiger partial charge < -0.3 is 0 Å². The lowest BCUT2D eigenvalue weighted by Gasteiger charge is -2.07. The summed E-state index contributed by atoms with van der Waals surface area (Å²) in [4.78, 5) is 5.67. The number of halogens is 1. The molecule has 4 nitrogen and oxygen atoms in total. The fraction of sp³-hybridized carbons (Fsp3) is 0.176. The number of aromatic nitrogens is 3. The van der Waals surface area contributed by atoms with E-state index in [9.17, 15) is 0 Å². The second-order valence-electron chi connectivity index (χ2n) is 5.32. The molecule has 6 heteroatoms. The quantitative estimate of drug-likeness (QED) is 0.685. The predicted octanol–water partition coefficient (Wildman–Crippen LogP) is 4.87. The third-order valence-electron chi connectivity index (χ3n) is 3.50. The van der Waals surface area contributed by atoms with E-state index in [1.165, 1.54) is 11.9 Å². The van der Waals surface area contributed by atoms with Crippen LogP contribution in [0.5, 0.6) is 0 Å². The molecule has 0 saturated heterocycles. The maximum atomic E-state index is 6.14. The molecular weight excluding hydrogens is 328 g/mol. The summed E-state index contributed by atoms with van der Waals surface area (Å²) in [7, 11) is 1.89. The molecule has 0 saturated carbocycles. The van der Waals surface area contributed by atoms with Gasteiger partial charge in [-0.05, 0) is 49.1 Å². The van der Waals surface area contributed by atoms with Crippen molar-refractivity contribution in [2.45, 2.75) is 18.7 Å². The standard InChI is InChI=1S/C17H17ClN4S/c1-11-10-15(12(2)9-14(11)18)23-21-17-19-16(22(3)20-17)13-7-5-4-6-8-13/h4-10H,1-3H3,(H,20,21). The van der Waals surface area contributed by atoms with Gasteiger partial charge in [-0.3, -0.25) is 4.72 Å². The van der Waals surface area contributed by atoms with Crippen LogP contribution in [0.2, 0.25) is 5.02 Å². The molecule has 0 spiro atoms. The highest BCUT2D eigenvalue weighted by Gasteiger charge is 2.10. The minimum atomic E-state index is 0.586. The van der Waals surface area contributed by atoms with Crippen LogP contribution in [0.25, 0.3) is 11.4 Å². The summed E-state index contributed by atoms with van der Waals surface area (Å²) >= 11 is 7.63. The van der Waals surface area contributed by atoms with Crippen LogP contribution in [0.15, 0.2) is 47.4 Å². The molecule has 3 rings (SSSR count). The van der Waals surface area contributed by atoms with Gasteiger partial charge >= 0.3 is 0 Å². The minimum absolute atomic E-state index is 0.586. The van der Waals surface area contributed by atoms with Gasteiger partial charge in [-0.25, -0.2) is 4.68 Å². The first-order chi connectivity index (χ1) is 11.0. The number of hydrogen-bond acceptors (Lipinski definition) is 4. The van der Waals surface area contributed by atoms with Crippen LogP contribution in [0.1, 0.15) is 11.1 Å². The van der Waals surface area contributed by atoms with Crippen molar-refractivity contribution in [2.24, 2.45) is 7.05 Å². The van der Waals surface area contributed by atoms with E-state index < -0.39 is 0 Å². The van der Waals surface area contributed by atoms with Gasteiger partial charge in [0, 0.05) is 22.5 Å². The van der Waals surface area contributed by atoms with E-state index in [1.807, 2.05) is 57.3 Å². The van der Waals surface area contributed by atoms with Crippen molar-refractivity contribution < 1.29 is 0 Å². The van der Waals surface area contributed by atoms with Crippen molar-refractivity contribution in [3.63, 3.8) is 0 Å². The van der Waals surface area contributed by atoms with Crippen molar-refractivity contribution in [3.8, 4) is 11.4 Å². The van der Waals surface area contributed by atoms with E-state index in [0.717, 1.165) is 32.4 Å². The van der Waals surface area contributed by atoms with Crippen molar-refractivity contribution in [3.05, 3.63) is 58.6 Å². The van der Waals surface area contributed by atoms with Crippen LogP contribution in [0.3, 0.4) is 0 Å². The van der Waals surface area contributed by atoms with Gasteiger partial charge in [0.05, 0.1) is 0 Å². The highest BCUT2D eigenvalue weighted by molar-refractivity contribution is 8.00. The van der Waals surface area contributed by atoms with Crippen molar-refractivity contribution in [1.29, 1.82) is 0 Å². The third-order valence-corrected chi connectivity index (χ3v) is 4.86. The highest BCUT2D eigenvalue weighted by Crippen LogP contribution is 2.29. The normalized spacial score (nSPS) is 10.8. The average molecular weight is 345 g/mol. The molecule has 2 aromatic carbocycles. The van der Waals surface area contributed by atoms with Crippen molar-refractivity contribution in [2.75, 3.05) is 4.72 Å². The molecule has 1 heterocycles. The van der Waals surface area contributed by atoms with E-state index in [0.29, 0.717) is 5.95 Å². The topological polar surface area (TPSA) is 42.7 Å². The molecule has 0 atom stereocenters. The van der Waals surface area contributed by atoms with Gasteiger partial charge in [-0.15, -0.1) is 5.10 Å². The number of nitrogens with zero attached hydrogens (tertiary/aromatic N) is 3. The summed E-state index contributed by atoms with van der Waals surface area (Å²) in [5.74, 6) is 1.42. The second kappa shape index (κ2) is 6.64. The van der Waals surface area contributed by atoms with Crippen LogP contribution < -0.4 is 4.72 Å². The van der Waals surface area contributed by atoms with Crippen LogP contribution >= 0.6 is 23.5 Å². The smallest absolute Gasteiger partial charge is 0.252 e. The van der Waals surface area contributed by atoms with E-state index in [2.05, 4.69) is 20.9 Å². The molecule has 3 aromatic rings. The molecule has 0 aliphatic heterocycles. The molecule has 0 amide bonds. The lowest BCUT2D eigenvalue weighted by molar-refractivity contribution is 0.778. The second-order valence-corrected chi connectivity index (χ2v) is 6.57. The zero-order chi connectivity index (χ0) is 16.4. The summed E-state index contributed by atoms with van der Waals surface area (Å²) in [5, 5.41) is 5.21. The zero-order valence-electron chi connectivity index (χ0n) is 13.2. The summed E-state index contributed by atoms with van der Waals surface area (Å²) in [6.45, 7) is 4.04. The Morgan fingerprint density at radius 1 is 1.09 bits per heavy atom. The van der Waals surface area contributed by atoms with Crippen molar-refractivity contribution >= 4 is 29.5 Å². The first kappa shape index (κ1) is 15.9. The molecule has 0 radical (unpaired) electrons. The average Bonchev–Trinajstić information content (AvgIpc) is 2.91. The summed E-state index contributed by atoms with van der Waals surface area (Å²) in [5.41, 5.74) is 3.22. The van der Waals surface area contributed by atoms with Gasteiger partial charge in [-0.2, -0.15) is 4.98 Å². The number of benzene rings is 2. The van der Waals surface area contributed by atoms with E-state index in [-0.39, 0.29) is 0 Å². The fourth-order valence-corrected chi connectivity index (χ4v) is 3.19. The molecular formula is C17H17ClN4S. The molecule has 1 aromatic heterocycles. The van der Waals surface area contributed by atoms with Crippen LogP contribution in [-0.4, -0.2) is 14.8 Å². The SMILES string of the molecule is Cc1cc(SNc2nc(-c3ccccc3)n(C)n2)c(C)cc1Cl. The molecule has 1 N–H and O–H groups in total. The lowest BCUT2D eigenvalue weighted by Crippen LogP contribution is -1.95. The predicted molar refractivity (Wildman–Crippen MR) is 96.8 cm³/mol. The summed E-state index contributed by atoms with van der Waals surface area (Å²) in [6.07, 6.45) is 0. The maximum Gasteiger partial charge on any atom is 0.252 e. The number of nitrogens with one attached hydrogen (secondary N) is 1. The van der Waals surface area contributed by atoms with Gasteiger partial charge in [0.1, 0.15) is 0 Å². The van der Waals surface area contributed by atoms with Crippen molar-refractivity contribution in [1.82, 2.24) is 14.8 Å².